The predicted octanol–water partition coefficient (Wildman–Crippen LogP) is 2.53. The highest BCUT2D eigenvalue weighted by atomic mass is 17.8. The molecular formula is C8H18O2. The molecule has 0 aromatic carbocycles. The fourth-order valence-electron chi connectivity index (χ4n) is 0.250. The van der Waals surface area contributed by atoms with E-state index in [0.29, 0.717) is 0 Å². The molecule has 0 spiro atoms. The quantitative estimate of drug-likeness (QED) is 0.419. The van der Waals surface area contributed by atoms with Gasteiger partial charge in [-0.25, -0.2) is 9.78 Å². The van der Waals surface area contributed by atoms with Crippen LogP contribution in [-0.2, 0) is 9.78 Å². The molecule has 2 nitrogen and oxygen atoms in total. The molecule has 0 unspecified atom stereocenters. The average Bonchev–Trinajstić information content (AvgIpc) is 1.57. The normalized spacial score (nSPS) is 13.8. The van der Waals surface area contributed by atoms with Gasteiger partial charge in [-0.3, -0.25) is 0 Å². The van der Waals surface area contributed by atoms with Gasteiger partial charge >= 0.3 is 0 Å². The summed E-state index contributed by atoms with van der Waals surface area (Å²) in [5.41, 5.74) is -0.430. The molecule has 0 aromatic heterocycles. The first kappa shape index (κ1) is 9.92. The molecule has 0 atom stereocenters. The fourth-order valence-corrected chi connectivity index (χ4v) is 0.250. The summed E-state index contributed by atoms with van der Waals surface area (Å²) >= 11 is 0. The Hall–Kier alpha value is -0.0800. The highest BCUT2D eigenvalue weighted by Gasteiger charge is 2.18. The van der Waals surface area contributed by atoms with E-state index in [1.165, 1.54) is 0 Å². The monoisotopic (exact) mass is 147 g/mol. The van der Waals surface area contributed by atoms with Gasteiger partial charge in [0.2, 0.25) is 0 Å². The van der Waals surface area contributed by atoms with Gasteiger partial charge in [-0.15, -0.1) is 0 Å². The second kappa shape index (κ2) is 2.89. The Morgan fingerprint density at radius 1 is 0.900 bits per heavy atom. The Morgan fingerprint density at radius 3 is 1.40 bits per heavy atom. The lowest BCUT2D eigenvalue weighted by molar-refractivity contribution is -0.393. The minimum Gasteiger partial charge on any atom is -0.230 e. The number of hydrogen-bond donors (Lipinski definition) is 0. The van der Waals surface area contributed by atoms with Crippen molar-refractivity contribution in [3.63, 3.8) is 0 Å². The summed E-state index contributed by atoms with van der Waals surface area (Å²) in [4.78, 5) is 10.2. The Bertz CT molecular complexity index is 80.8. The molecule has 0 saturated heterocycles. The molecule has 0 fully saturated rings. The van der Waals surface area contributed by atoms with Crippen LogP contribution >= 0.6 is 0 Å². The second-order valence-corrected chi connectivity index (χ2v) is 4.39. The van der Waals surface area contributed by atoms with Gasteiger partial charge in [-0.2, -0.15) is 0 Å². The lowest BCUT2D eigenvalue weighted by Crippen LogP contribution is -2.27. The van der Waals surface area contributed by atoms with Crippen LogP contribution in [0.3, 0.4) is 0 Å². The van der Waals surface area contributed by atoms with Crippen LogP contribution in [0.2, 0.25) is 0 Å². The zero-order chi connectivity index (χ0) is 8.41. The summed E-state index contributed by atoms with van der Waals surface area (Å²) < 4.78 is 0. The SMILES string of the molecule is CC(C)(C)O[17O]C(C)(C)C. The first-order valence-electron chi connectivity index (χ1n) is 3.57. The van der Waals surface area contributed by atoms with Crippen LogP contribution in [0.4, 0.5) is 0 Å². The number of hydrogen-bond acceptors (Lipinski definition) is 2. The zero-order valence-electron chi connectivity index (χ0n) is 7.82. The van der Waals surface area contributed by atoms with E-state index in [1.807, 2.05) is 41.5 Å². The van der Waals surface area contributed by atoms with E-state index in [2.05, 4.69) is 0 Å². The molecule has 0 heterocycles. The molecule has 0 aliphatic rings. The van der Waals surface area contributed by atoms with E-state index < -0.39 is 0 Å². The molecule has 0 aliphatic carbocycles. The van der Waals surface area contributed by atoms with Crippen molar-refractivity contribution in [2.75, 3.05) is 0 Å². The smallest absolute Gasteiger partial charge is 0.0952 e. The van der Waals surface area contributed by atoms with Crippen molar-refractivity contribution in [1.82, 2.24) is 0 Å². The van der Waals surface area contributed by atoms with E-state index in [1.54, 1.807) is 0 Å². The van der Waals surface area contributed by atoms with Crippen molar-refractivity contribution >= 4 is 0 Å². The zero-order valence-corrected chi connectivity index (χ0v) is 7.82. The summed E-state index contributed by atoms with van der Waals surface area (Å²) in [6, 6.07) is 0. The van der Waals surface area contributed by atoms with Crippen LogP contribution in [0.15, 0.2) is 0 Å². The lowest BCUT2D eigenvalue weighted by Gasteiger charge is -2.24. The van der Waals surface area contributed by atoms with Gasteiger partial charge in [-0.1, -0.05) is 0 Å². The molecule has 0 aliphatic heterocycles. The van der Waals surface area contributed by atoms with E-state index in [4.69, 9.17) is 9.78 Å². The highest BCUT2D eigenvalue weighted by molar-refractivity contribution is 4.58. The van der Waals surface area contributed by atoms with Gasteiger partial charge in [-0.05, 0) is 41.5 Å². The lowest BCUT2D eigenvalue weighted by atomic mass is 10.2. The third-order valence-corrected chi connectivity index (χ3v) is 0.542. The van der Waals surface area contributed by atoms with Gasteiger partial charge in [0, 0.05) is 0 Å². The topological polar surface area (TPSA) is 18.5 Å². The van der Waals surface area contributed by atoms with Crippen LogP contribution in [0.1, 0.15) is 41.5 Å². The molecule has 10 heavy (non-hydrogen) atoms. The first-order valence-corrected chi connectivity index (χ1v) is 3.57. The molecule has 0 rings (SSSR count). The molecule has 62 valence electrons. The van der Waals surface area contributed by atoms with Crippen molar-refractivity contribution < 1.29 is 9.78 Å². The average molecular weight is 147 g/mol. The fraction of sp³-hybridized carbons (Fsp3) is 1.00. The van der Waals surface area contributed by atoms with Crippen molar-refractivity contribution in [1.29, 1.82) is 0 Å². The molecule has 0 radical (unpaired) electrons. The van der Waals surface area contributed by atoms with Gasteiger partial charge < -0.3 is 0 Å². The molecule has 0 amide bonds. The van der Waals surface area contributed by atoms with Crippen molar-refractivity contribution in [2.24, 2.45) is 0 Å². The van der Waals surface area contributed by atoms with Crippen molar-refractivity contribution in [3.05, 3.63) is 0 Å². The third kappa shape index (κ3) is 7.92. The Morgan fingerprint density at radius 2 is 1.30 bits per heavy atom. The molecular weight excluding hydrogens is 129 g/mol. The van der Waals surface area contributed by atoms with E-state index >= 15 is 0 Å². The summed E-state index contributed by atoms with van der Waals surface area (Å²) in [6.45, 7) is 11.7. The van der Waals surface area contributed by atoms with E-state index in [-0.39, 0.29) is 11.2 Å². The summed E-state index contributed by atoms with van der Waals surface area (Å²) in [5, 5.41) is 0. The van der Waals surface area contributed by atoms with Crippen LogP contribution < -0.4 is 0 Å². The van der Waals surface area contributed by atoms with E-state index in [9.17, 15) is 0 Å². The van der Waals surface area contributed by atoms with Crippen LogP contribution in [-0.4, -0.2) is 11.2 Å². The molecule has 0 N–H and O–H groups in total. The maximum absolute atomic E-state index is 5.09. The number of rotatable bonds is 1. The van der Waals surface area contributed by atoms with Crippen LogP contribution in [0.25, 0.3) is 0 Å². The highest BCUT2D eigenvalue weighted by Crippen LogP contribution is 2.14. The van der Waals surface area contributed by atoms with E-state index in [0.717, 1.165) is 0 Å². The standard InChI is InChI=1S/C8H18O2/c1-7(2,3)9-10-8(4,5)6/h1-6H3/i9+1. The first-order chi connectivity index (χ1) is 4.21. The molecule has 0 aromatic rings. The maximum atomic E-state index is 5.09. The summed E-state index contributed by atoms with van der Waals surface area (Å²) in [6.07, 6.45) is 0. The Balaban J connectivity index is 3.56. The van der Waals surface area contributed by atoms with Gasteiger partial charge in [0.05, 0.1) is 11.2 Å². The molecule has 2 heteroatoms. The molecule has 0 saturated carbocycles. The second-order valence-electron chi connectivity index (χ2n) is 4.39. The molecule has 0 bridgehead atoms. The summed E-state index contributed by atoms with van der Waals surface area (Å²) in [7, 11) is 0. The van der Waals surface area contributed by atoms with Gasteiger partial charge in [0.1, 0.15) is 0 Å². The summed E-state index contributed by atoms with van der Waals surface area (Å²) in [5.74, 6) is 0. The van der Waals surface area contributed by atoms with Gasteiger partial charge in [0.25, 0.3) is 0 Å². The van der Waals surface area contributed by atoms with Crippen LogP contribution in [0, 0.1) is 0 Å². The van der Waals surface area contributed by atoms with Gasteiger partial charge in [0.15, 0.2) is 0 Å². The van der Waals surface area contributed by atoms with Crippen LogP contribution in [0.5, 0.6) is 0 Å². The Labute approximate surface area is 63.5 Å². The van der Waals surface area contributed by atoms with Crippen molar-refractivity contribution in [3.8, 4) is 0 Å². The van der Waals surface area contributed by atoms with Crippen molar-refractivity contribution in [2.45, 2.75) is 52.7 Å². The minimum atomic E-state index is -0.215. The predicted molar refractivity (Wildman–Crippen MR) is 41.7 cm³/mol. The third-order valence-electron chi connectivity index (χ3n) is 0.542. The largest absolute Gasteiger partial charge is 0.230 e. The maximum Gasteiger partial charge on any atom is 0.0952 e. The minimum absolute atomic E-state index is 0.215. The Kier molecular flexibility index (Phi) is 2.86.